The number of hydrogen-bond donors (Lipinski definition) is 2. The number of thiophene rings is 1. The Morgan fingerprint density at radius 2 is 1.82 bits per heavy atom. The highest BCUT2D eigenvalue weighted by Gasteiger charge is 2.55. The maximum atomic E-state index is 13.6. The number of nitrogens with zero attached hydrogens (tertiary/aromatic N) is 2. The second kappa shape index (κ2) is 9.76. The third-order valence-corrected chi connectivity index (χ3v) is 8.20. The minimum atomic E-state index is -0.323. The highest BCUT2D eigenvalue weighted by Crippen LogP contribution is 2.51. The summed E-state index contributed by atoms with van der Waals surface area (Å²) in [5, 5.41) is 1.96. The highest BCUT2D eigenvalue weighted by atomic mass is 32.1. The van der Waals surface area contributed by atoms with Gasteiger partial charge >= 0.3 is 0 Å². The monoisotopic (exact) mass is 476 g/mol. The van der Waals surface area contributed by atoms with Gasteiger partial charge in [-0.3, -0.25) is 4.79 Å². The van der Waals surface area contributed by atoms with Gasteiger partial charge in [-0.05, 0) is 60.1 Å². The molecule has 1 saturated heterocycles. The van der Waals surface area contributed by atoms with Crippen LogP contribution in [0.15, 0.2) is 71.1 Å². The van der Waals surface area contributed by atoms with Gasteiger partial charge in [0.15, 0.2) is 5.96 Å². The molecule has 4 unspecified atom stereocenters. The number of rotatable bonds is 7. The number of aliphatic imine (C=N–C) groups is 1. The summed E-state index contributed by atoms with van der Waals surface area (Å²) in [7, 11) is 0. The molecule has 1 aromatic carbocycles. The second-order valence-electron chi connectivity index (χ2n) is 9.54. The number of hydrogen-bond acceptors (Lipinski definition) is 4. The molecule has 1 aromatic heterocycles. The number of guanidine groups is 1. The van der Waals surface area contributed by atoms with E-state index in [1.807, 2.05) is 34.5 Å². The van der Waals surface area contributed by atoms with E-state index >= 15 is 0 Å². The summed E-state index contributed by atoms with van der Waals surface area (Å²) >= 11 is 1.49. The van der Waals surface area contributed by atoms with Gasteiger partial charge in [0.05, 0.1) is 29.7 Å². The maximum absolute atomic E-state index is 13.6. The molecule has 2 heterocycles. The molecular weight excluding hydrogens is 444 g/mol. The van der Waals surface area contributed by atoms with Crippen molar-refractivity contribution in [2.45, 2.75) is 50.5 Å². The number of nitrogens with two attached hydrogens (primary N) is 2. The van der Waals surface area contributed by atoms with Gasteiger partial charge in [-0.15, -0.1) is 11.3 Å². The van der Waals surface area contributed by atoms with Gasteiger partial charge in [-0.1, -0.05) is 54.6 Å². The minimum absolute atomic E-state index is 0.0684. The molecule has 34 heavy (non-hydrogen) atoms. The van der Waals surface area contributed by atoms with Gasteiger partial charge < -0.3 is 21.1 Å². The van der Waals surface area contributed by atoms with Crippen LogP contribution >= 0.6 is 11.3 Å². The Morgan fingerprint density at radius 3 is 2.59 bits per heavy atom. The Balaban J connectivity index is 1.40. The summed E-state index contributed by atoms with van der Waals surface area (Å²) in [5.74, 6) is 1.12. The summed E-state index contributed by atoms with van der Waals surface area (Å²) in [5.41, 5.74) is 12.7. The average molecular weight is 477 g/mol. The molecule has 0 spiro atoms. The van der Waals surface area contributed by atoms with E-state index in [-0.39, 0.29) is 23.6 Å². The van der Waals surface area contributed by atoms with E-state index < -0.39 is 0 Å². The van der Waals surface area contributed by atoms with Gasteiger partial charge in [0.1, 0.15) is 0 Å². The van der Waals surface area contributed by atoms with Crippen LogP contribution in [0.4, 0.5) is 0 Å². The lowest BCUT2D eigenvalue weighted by Crippen LogP contribution is -2.50. The summed E-state index contributed by atoms with van der Waals surface area (Å²) in [6.45, 7) is 1.58. The number of benzene rings is 1. The number of carbonyl (C=O) groups is 1. The molecule has 7 heteroatoms. The fourth-order valence-electron chi connectivity index (χ4n) is 5.71. The van der Waals surface area contributed by atoms with Crippen molar-refractivity contribution in [1.29, 1.82) is 0 Å². The number of allylic oxidation sites excluding steroid dienone is 2. The Labute approximate surface area is 205 Å². The lowest BCUT2D eigenvalue weighted by molar-refractivity contribution is -0.0741. The minimum Gasteiger partial charge on any atom is -0.370 e. The van der Waals surface area contributed by atoms with Crippen molar-refractivity contribution in [2.75, 3.05) is 6.54 Å². The standard InChI is InChI=1S/C27H32N4O2S/c28-26(29)30-16-19-10-12-20(13-11-19)17-31(25(32)24-9-5-15-34-24)18-27-14-4-3-7-22(27)21-6-1-2-8-23(21)33-27/h1-5,9-13,15,21-23H,6-8,14,16-18H2,(H4,28,29,30). The molecule has 4 N–H and O–H groups in total. The zero-order valence-electron chi connectivity index (χ0n) is 19.3. The molecule has 2 aliphatic carbocycles. The molecule has 5 rings (SSSR count). The first-order chi connectivity index (χ1) is 16.5. The van der Waals surface area contributed by atoms with E-state index in [1.165, 1.54) is 11.3 Å². The van der Waals surface area contributed by atoms with Crippen LogP contribution in [0.5, 0.6) is 0 Å². The predicted octanol–water partition coefficient (Wildman–Crippen LogP) is 4.23. The summed E-state index contributed by atoms with van der Waals surface area (Å²) in [4.78, 5) is 20.5. The van der Waals surface area contributed by atoms with Crippen LogP contribution < -0.4 is 11.5 Å². The molecule has 6 nitrogen and oxygen atoms in total. The molecule has 1 aliphatic heterocycles. The maximum Gasteiger partial charge on any atom is 0.264 e. The normalized spacial score (nSPS) is 27.1. The van der Waals surface area contributed by atoms with Crippen molar-refractivity contribution >= 4 is 23.2 Å². The first-order valence-corrected chi connectivity index (χ1v) is 12.9. The van der Waals surface area contributed by atoms with Crippen LogP contribution in [0.25, 0.3) is 0 Å². The van der Waals surface area contributed by atoms with Crippen LogP contribution in [-0.4, -0.2) is 35.0 Å². The van der Waals surface area contributed by atoms with Crippen LogP contribution in [0.3, 0.4) is 0 Å². The molecular formula is C27H32N4O2S. The van der Waals surface area contributed by atoms with Crippen LogP contribution in [0.2, 0.25) is 0 Å². The van der Waals surface area contributed by atoms with Crippen molar-refractivity contribution in [3.8, 4) is 0 Å². The fraction of sp³-hybridized carbons (Fsp3) is 0.407. The topological polar surface area (TPSA) is 93.9 Å². The van der Waals surface area contributed by atoms with E-state index in [1.54, 1.807) is 0 Å². The summed E-state index contributed by atoms with van der Waals surface area (Å²) in [6.07, 6.45) is 13.3. The molecule has 0 saturated carbocycles. The molecule has 178 valence electrons. The lowest BCUT2D eigenvalue weighted by Gasteiger charge is -2.41. The largest absolute Gasteiger partial charge is 0.370 e. The fourth-order valence-corrected chi connectivity index (χ4v) is 6.40. The molecule has 1 fully saturated rings. The van der Waals surface area contributed by atoms with Gasteiger partial charge in [0.2, 0.25) is 0 Å². The van der Waals surface area contributed by atoms with Gasteiger partial charge in [0, 0.05) is 6.54 Å². The average Bonchev–Trinajstić information content (AvgIpc) is 3.49. The van der Waals surface area contributed by atoms with Gasteiger partial charge in [-0.25, -0.2) is 4.99 Å². The Hall–Kier alpha value is -2.90. The molecule has 4 atom stereocenters. The quantitative estimate of drug-likeness (QED) is 0.355. The number of carbonyl (C=O) groups excluding carboxylic acids is 1. The SMILES string of the molecule is NC(N)=NCc1ccc(CN(CC23CC=CCC2C2CC=CCC2O3)C(=O)c2cccs2)cc1. The molecule has 2 aromatic rings. The van der Waals surface area contributed by atoms with Crippen molar-refractivity contribution in [3.63, 3.8) is 0 Å². The summed E-state index contributed by atoms with van der Waals surface area (Å²) < 4.78 is 6.83. The van der Waals surface area contributed by atoms with Gasteiger partial charge in [0.25, 0.3) is 5.91 Å². The third-order valence-electron chi connectivity index (χ3n) is 7.34. The molecule has 0 radical (unpaired) electrons. The molecule has 0 bridgehead atoms. The smallest absolute Gasteiger partial charge is 0.264 e. The van der Waals surface area contributed by atoms with E-state index in [0.29, 0.717) is 31.5 Å². The van der Waals surface area contributed by atoms with Crippen LogP contribution in [-0.2, 0) is 17.8 Å². The van der Waals surface area contributed by atoms with E-state index in [9.17, 15) is 4.79 Å². The Bertz CT molecular complexity index is 1090. The first-order valence-electron chi connectivity index (χ1n) is 12.0. The summed E-state index contributed by atoms with van der Waals surface area (Å²) in [6, 6.07) is 12.0. The van der Waals surface area contributed by atoms with Crippen molar-refractivity contribution in [3.05, 3.63) is 82.1 Å². The van der Waals surface area contributed by atoms with Crippen molar-refractivity contribution in [2.24, 2.45) is 28.3 Å². The number of fused-ring (bicyclic) bond motifs is 3. The number of ether oxygens (including phenoxy) is 1. The van der Waals surface area contributed by atoms with E-state index in [0.717, 1.165) is 41.7 Å². The van der Waals surface area contributed by atoms with Crippen molar-refractivity contribution in [1.82, 2.24) is 4.90 Å². The number of amides is 1. The zero-order chi connectivity index (χ0) is 23.5. The third kappa shape index (κ3) is 4.68. The van der Waals surface area contributed by atoms with E-state index in [2.05, 4.69) is 41.4 Å². The Kier molecular flexibility index (Phi) is 6.57. The zero-order valence-corrected chi connectivity index (χ0v) is 20.1. The second-order valence-corrected chi connectivity index (χ2v) is 10.5. The van der Waals surface area contributed by atoms with Gasteiger partial charge in [-0.2, -0.15) is 0 Å². The predicted molar refractivity (Wildman–Crippen MR) is 136 cm³/mol. The lowest BCUT2D eigenvalue weighted by atomic mass is 9.70. The highest BCUT2D eigenvalue weighted by molar-refractivity contribution is 7.12. The first kappa shape index (κ1) is 22.9. The molecule has 1 amide bonds. The molecule has 3 aliphatic rings. The van der Waals surface area contributed by atoms with Crippen LogP contribution in [0.1, 0.15) is 46.5 Å². The Morgan fingerprint density at radius 1 is 1.06 bits per heavy atom. The van der Waals surface area contributed by atoms with Crippen LogP contribution in [0, 0.1) is 11.8 Å². The van der Waals surface area contributed by atoms with E-state index in [4.69, 9.17) is 16.2 Å². The van der Waals surface area contributed by atoms with Crippen molar-refractivity contribution < 1.29 is 9.53 Å².